The van der Waals surface area contributed by atoms with E-state index in [1.165, 1.54) is 5.75 Å². The lowest BCUT2D eigenvalue weighted by Gasteiger charge is -2.09. The molecule has 0 nitrogen and oxygen atoms in total. The van der Waals surface area contributed by atoms with Crippen molar-refractivity contribution in [3.63, 3.8) is 0 Å². The molecule has 0 bridgehead atoms. The molecule has 0 aromatic rings. The van der Waals surface area contributed by atoms with E-state index in [1.807, 2.05) is 25.6 Å². The SMILES string of the molecule is CC.CC1CSC(S)C1C. The van der Waals surface area contributed by atoms with Crippen molar-refractivity contribution in [2.24, 2.45) is 11.8 Å². The zero-order valence-corrected chi connectivity index (χ0v) is 9.01. The molecule has 2 heteroatoms. The summed E-state index contributed by atoms with van der Waals surface area (Å²) < 4.78 is 0.602. The van der Waals surface area contributed by atoms with Gasteiger partial charge in [0.05, 0.1) is 4.58 Å². The van der Waals surface area contributed by atoms with Crippen LogP contribution < -0.4 is 0 Å². The van der Waals surface area contributed by atoms with Crippen molar-refractivity contribution in [1.29, 1.82) is 0 Å². The number of hydrogen-bond acceptors (Lipinski definition) is 2. The second kappa shape index (κ2) is 5.36. The summed E-state index contributed by atoms with van der Waals surface area (Å²) in [5.74, 6) is 2.99. The molecule has 10 heavy (non-hydrogen) atoms. The lowest BCUT2D eigenvalue weighted by molar-refractivity contribution is 0.482. The van der Waals surface area contributed by atoms with Crippen molar-refractivity contribution < 1.29 is 0 Å². The first-order chi connectivity index (χ1) is 4.72. The summed E-state index contributed by atoms with van der Waals surface area (Å²) in [4.78, 5) is 0. The fourth-order valence-electron chi connectivity index (χ4n) is 0.835. The van der Waals surface area contributed by atoms with Gasteiger partial charge in [-0.05, 0) is 17.6 Å². The van der Waals surface area contributed by atoms with Gasteiger partial charge in [0.2, 0.25) is 0 Å². The van der Waals surface area contributed by atoms with Gasteiger partial charge in [0.1, 0.15) is 0 Å². The third-order valence-corrected chi connectivity index (χ3v) is 4.28. The van der Waals surface area contributed by atoms with E-state index >= 15 is 0 Å². The van der Waals surface area contributed by atoms with Crippen molar-refractivity contribution in [3.05, 3.63) is 0 Å². The highest BCUT2D eigenvalue weighted by Gasteiger charge is 2.27. The summed E-state index contributed by atoms with van der Waals surface area (Å²) in [5.41, 5.74) is 0. The summed E-state index contributed by atoms with van der Waals surface area (Å²) in [5, 5.41) is 0. The zero-order valence-electron chi connectivity index (χ0n) is 7.29. The topological polar surface area (TPSA) is 0 Å². The predicted molar refractivity (Wildman–Crippen MR) is 54.9 cm³/mol. The van der Waals surface area contributed by atoms with Crippen LogP contribution in [0.25, 0.3) is 0 Å². The molecule has 1 aliphatic heterocycles. The fraction of sp³-hybridized carbons (Fsp3) is 1.00. The Balaban J connectivity index is 0.000000371. The Labute approximate surface area is 74.6 Å². The molecule has 0 radical (unpaired) electrons. The molecule has 62 valence electrons. The molecule has 1 saturated heterocycles. The molecule has 1 aliphatic rings. The molecule has 3 atom stereocenters. The van der Waals surface area contributed by atoms with Gasteiger partial charge in [-0.25, -0.2) is 0 Å². The lowest BCUT2D eigenvalue weighted by Crippen LogP contribution is -2.07. The molecule has 1 fully saturated rings. The summed E-state index contributed by atoms with van der Waals surface area (Å²) >= 11 is 6.39. The van der Waals surface area contributed by atoms with E-state index in [2.05, 4.69) is 26.5 Å². The van der Waals surface area contributed by atoms with Crippen LogP contribution in [0.4, 0.5) is 0 Å². The van der Waals surface area contributed by atoms with Crippen LogP contribution in [0.5, 0.6) is 0 Å². The van der Waals surface area contributed by atoms with E-state index in [0.29, 0.717) is 4.58 Å². The molecule has 0 N–H and O–H groups in total. The normalized spacial score (nSPS) is 38.7. The van der Waals surface area contributed by atoms with Crippen LogP contribution in [-0.2, 0) is 0 Å². The zero-order chi connectivity index (χ0) is 8.15. The monoisotopic (exact) mass is 178 g/mol. The van der Waals surface area contributed by atoms with Crippen molar-refractivity contribution >= 4 is 24.4 Å². The first kappa shape index (κ1) is 10.7. The van der Waals surface area contributed by atoms with Gasteiger partial charge in [0.25, 0.3) is 0 Å². The first-order valence-electron chi connectivity index (χ1n) is 4.01. The first-order valence-corrected chi connectivity index (χ1v) is 5.58. The molecule has 0 spiro atoms. The van der Waals surface area contributed by atoms with Gasteiger partial charge in [-0.1, -0.05) is 27.7 Å². The Kier molecular flexibility index (Phi) is 5.74. The van der Waals surface area contributed by atoms with Crippen LogP contribution in [-0.4, -0.2) is 10.3 Å². The average Bonchev–Trinajstić information content (AvgIpc) is 2.25. The highest BCUT2D eigenvalue weighted by atomic mass is 32.2. The maximum absolute atomic E-state index is 4.41. The van der Waals surface area contributed by atoms with Gasteiger partial charge in [0.15, 0.2) is 0 Å². The van der Waals surface area contributed by atoms with Crippen LogP contribution in [0.2, 0.25) is 0 Å². The summed E-state index contributed by atoms with van der Waals surface area (Å²) in [6.45, 7) is 8.58. The molecule has 0 amide bonds. The van der Waals surface area contributed by atoms with Gasteiger partial charge >= 0.3 is 0 Å². The van der Waals surface area contributed by atoms with E-state index in [4.69, 9.17) is 0 Å². The molecule has 0 aromatic heterocycles. The van der Waals surface area contributed by atoms with Gasteiger partial charge in [0, 0.05) is 0 Å². The van der Waals surface area contributed by atoms with Gasteiger partial charge in [-0.3, -0.25) is 0 Å². The van der Waals surface area contributed by atoms with Crippen LogP contribution >= 0.6 is 24.4 Å². The molecule has 0 saturated carbocycles. The summed E-state index contributed by atoms with van der Waals surface area (Å²) in [7, 11) is 0. The van der Waals surface area contributed by atoms with Crippen LogP contribution in [0.15, 0.2) is 0 Å². The fourth-order valence-corrected chi connectivity index (χ4v) is 2.76. The third-order valence-electron chi connectivity index (χ3n) is 1.88. The molecule has 3 unspecified atom stereocenters. The molecular weight excluding hydrogens is 160 g/mol. The summed E-state index contributed by atoms with van der Waals surface area (Å²) in [6, 6.07) is 0. The number of thioether (sulfide) groups is 1. The standard InChI is InChI=1S/C6H12S2.C2H6/c1-4-3-8-6(7)5(4)2;1-2/h4-7H,3H2,1-2H3;1-2H3. The van der Waals surface area contributed by atoms with Crippen molar-refractivity contribution in [1.82, 2.24) is 0 Å². The Morgan fingerprint density at radius 1 is 1.30 bits per heavy atom. The van der Waals surface area contributed by atoms with E-state index in [-0.39, 0.29) is 0 Å². The Bertz CT molecular complexity index is 73.3. The number of rotatable bonds is 0. The molecule has 0 aromatic carbocycles. The predicted octanol–water partition coefficient (Wildman–Crippen LogP) is 3.29. The highest BCUT2D eigenvalue weighted by Crippen LogP contribution is 2.38. The molecule has 1 rings (SSSR count). The third kappa shape index (κ3) is 2.75. The summed E-state index contributed by atoms with van der Waals surface area (Å²) in [6.07, 6.45) is 0. The minimum atomic E-state index is 0.602. The lowest BCUT2D eigenvalue weighted by atomic mass is 10.0. The second-order valence-electron chi connectivity index (χ2n) is 2.56. The Morgan fingerprint density at radius 2 is 1.80 bits per heavy atom. The van der Waals surface area contributed by atoms with Crippen molar-refractivity contribution in [2.45, 2.75) is 32.3 Å². The molecule has 0 aliphatic carbocycles. The van der Waals surface area contributed by atoms with Crippen molar-refractivity contribution in [3.8, 4) is 0 Å². The smallest absolute Gasteiger partial charge is 0.0500 e. The Morgan fingerprint density at radius 3 is 1.90 bits per heavy atom. The minimum absolute atomic E-state index is 0.602. The number of thiol groups is 1. The van der Waals surface area contributed by atoms with Crippen LogP contribution in [0.1, 0.15) is 27.7 Å². The molecular formula is C8H18S2. The van der Waals surface area contributed by atoms with Crippen LogP contribution in [0, 0.1) is 11.8 Å². The van der Waals surface area contributed by atoms with E-state index in [1.54, 1.807) is 0 Å². The van der Waals surface area contributed by atoms with Gasteiger partial charge in [-0.15, -0.1) is 11.8 Å². The Hall–Kier alpha value is 0.700. The second-order valence-corrected chi connectivity index (χ2v) is 4.64. The molecule has 1 heterocycles. The van der Waals surface area contributed by atoms with Crippen LogP contribution in [0.3, 0.4) is 0 Å². The minimum Gasteiger partial charge on any atom is -0.165 e. The van der Waals surface area contributed by atoms with E-state index < -0.39 is 0 Å². The average molecular weight is 178 g/mol. The quantitative estimate of drug-likeness (QED) is 0.555. The van der Waals surface area contributed by atoms with Gasteiger partial charge in [-0.2, -0.15) is 12.6 Å². The van der Waals surface area contributed by atoms with E-state index in [9.17, 15) is 0 Å². The van der Waals surface area contributed by atoms with Gasteiger partial charge < -0.3 is 0 Å². The largest absolute Gasteiger partial charge is 0.165 e. The maximum Gasteiger partial charge on any atom is 0.0500 e. The highest BCUT2D eigenvalue weighted by molar-refractivity contribution is 8.10. The number of hydrogen-bond donors (Lipinski definition) is 1. The van der Waals surface area contributed by atoms with Crippen molar-refractivity contribution in [2.75, 3.05) is 5.75 Å². The maximum atomic E-state index is 4.41. The van der Waals surface area contributed by atoms with E-state index in [0.717, 1.165) is 11.8 Å².